The molecule has 4 rings (SSSR count). The first-order valence-corrected chi connectivity index (χ1v) is 10.2. The molecule has 0 aliphatic rings. The predicted molar refractivity (Wildman–Crippen MR) is 120 cm³/mol. The van der Waals surface area contributed by atoms with E-state index in [-0.39, 0.29) is 0 Å². The highest BCUT2D eigenvalue weighted by Gasteiger charge is 2.08. The summed E-state index contributed by atoms with van der Waals surface area (Å²) in [7, 11) is 0. The number of rotatable bonds is 3. The van der Waals surface area contributed by atoms with E-state index in [2.05, 4.69) is 73.1 Å². The smallest absolute Gasteiger partial charge is 0.136 e. The molecule has 3 heteroatoms. The van der Waals surface area contributed by atoms with Crippen molar-refractivity contribution in [3.63, 3.8) is 0 Å². The molecule has 2 nitrogen and oxygen atoms in total. The second-order valence-corrected chi connectivity index (χ2v) is 8.28. The van der Waals surface area contributed by atoms with Gasteiger partial charge in [-0.15, -0.1) is 0 Å². The quantitative estimate of drug-likeness (QED) is 0.329. The highest BCUT2D eigenvalue weighted by molar-refractivity contribution is 9.10. The third-order valence-electron chi connectivity index (χ3n) is 4.84. The highest BCUT2D eigenvalue weighted by atomic mass is 79.9. The molecule has 0 amide bonds. The first-order chi connectivity index (χ1) is 13.5. The molecular formula is C25H22BrNO. The molecule has 0 N–H and O–H groups in total. The lowest BCUT2D eigenvalue weighted by atomic mass is 10.0. The van der Waals surface area contributed by atoms with Gasteiger partial charge >= 0.3 is 0 Å². The van der Waals surface area contributed by atoms with Crippen LogP contribution in [0.1, 0.15) is 30.9 Å². The summed E-state index contributed by atoms with van der Waals surface area (Å²) >= 11 is 3.48. The highest BCUT2D eigenvalue weighted by Crippen LogP contribution is 2.25. The van der Waals surface area contributed by atoms with Gasteiger partial charge in [-0.1, -0.05) is 65.7 Å². The molecule has 0 bridgehead atoms. The van der Waals surface area contributed by atoms with E-state index in [1.165, 1.54) is 11.1 Å². The molecule has 1 heterocycles. The Balaban J connectivity index is 1.91. The maximum absolute atomic E-state index is 6.23. The summed E-state index contributed by atoms with van der Waals surface area (Å²) in [5, 5.41) is 1.93. The fourth-order valence-corrected chi connectivity index (χ4v) is 3.47. The van der Waals surface area contributed by atoms with Crippen LogP contribution in [0.3, 0.4) is 0 Å². The average Bonchev–Trinajstić information content (AvgIpc) is 2.70. The Labute approximate surface area is 173 Å². The number of halogens is 1. The molecule has 140 valence electrons. The molecule has 0 aliphatic carbocycles. The van der Waals surface area contributed by atoms with Crippen LogP contribution in [0.25, 0.3) is 22.3 Å². The van der Waals surface area contributed by atoms with Crippen molar-refractivity contribution in [1.29, 1.82) is 0 Å². The molecule has 3 aromatic carbocycles. The summed E-state index contributed by atoms with van der Waals surface area (Å²) in [6, 6.07) is 24.9. The van der Waals surface area contributed by atoms with Crippen LogP contribution in [0.5, 0.6) is 0 Å². The third-order valence-corrected chi connectivity index (χ3v) is 5.37. The molecule has 0 unspecified atom stereocenters. The van der Waals surface area contributed by atoms with Crippen molar-refractivity contribution in [1.82, 2.24) is 0 Å². The Kier molecular flexibility index (Phi) is 5.19. The molecule has 0 aliphatic heterocycles. The van der Waals surface area contributed by atoms with Crippen LogP contribution in [0, 0.1) is 6.92 Å². The van der Waals surface area contributed by atoms with Crippen molar-refractivity contribution < 1.29 is 4.42 Å². The number of benzene rings is 3. The van der Waals surface area contributed by atoms with Gasteiger partial charge in [0.05, 0.1) is 11.0 Å². The van der Waals surface area contributed by atoms with E-state index < -0.39 is 0 Å². The SMILES string of the molecule is Cc1ccc2oc(-c3ccc(C(C)C)cc3)cc(=Nc3ccc(Br)cc3)c2c1. The number of hydrogen-bond acceptors (Lipinski definition) is 2. The van der Waals surface area contributed by atoms with E-state index in [1.54, 1.807) is 0 Å². The second kappa shape index (κ2) is 7.76. The van der Waals surface area contributed by atoms with E-state index in [0.717, 1.165) is 37.8 Å². The van der Waals surface area contributed by atoms with E-state index >= 15 is 0 Å². The first kappa shape index (κ1) is 18.7. The summed E-state index contributed by atoms with van der Waals surface area (Å²) in [5.74, 6) is 1.33. The Morgan fingerprint density at radius 1 is 0.857 bits per heavy atom. The molecular weight excluding hydrogens is 410 g/mol. The summed E-state index contributed by atoms with van der Waals surface area (Å²) in [4.78, 5) is 4.90. The van der Waals surface area contributed by atoms with E-state index in [0.29, 0.717) is 5.92 Å². The van der Waals surface area contributed by atoms with Gasteiger partial charge in [0.15, 0.2) is 0 Å². The number of aryl methyl sites for hydroxylation is 1. The fraction of sp³-hybridized carbons (Fsp3) is 0.160. The largest absolute Gasteiger partial charge is 0.456 e. The maximum Gasteiger partial charge on any atom is 0.136 e. The normalized spacial score (nSPS) is 12.1. The van der Waals surface area contributed by atoms with Gasteiger partial charge in [0.25, 0.3) is 0 Å². The maximum atomic E-state index is 6.23. The van der Waals surface area contributed by atoms with Crippen molar-refractivity contribution >= 4 is 32.6 Å². The van der Waals surface area contributed by atoms with Crippen LogP contribution in [-0.4, -0.2) is 0 Å². The van der Waals surface area contributed by atoms with Gasteiger partial charge in [-0.2, -0.15) is 0 Å². The molecule has 0 spiro atoms. The minimum absolute atomic E-state index is 0.508. The Morgan fingerprint density at radius 3 is 2.25 bits per heavy atom. The predicted octanol–water partition coefficient (Wildman–Crippen LogP) is 7.53. The zero-order chi connectivity index (χ0) is 19.7. The number of fused-ring (bicyclic) bond motifs is 1. The van der Waals surface area contributed by atoms with E-state index in [1.807, 2.05) is 36.4 Å². The molecule has 0 atom stereocenters. The molecule has 0 fully saturated rings. The zero-order valence-corrected chi connectivity index (χ0v) is 17.8. The lowest BCUT2D eigenvalue weighted by Gasteiger charge is -2.08. The minimum atomic E-state index is 0.508. The van der Waals surface area contributed by atoms with Crippen molar-refractivity contribution in [3.8, 4) is 11.3 Å². The van der Waals surface area contributed by atoms with Crippen molar-refractivity contribution in [2.24, 2.45) is 4.99 Å². The van der Waals surface area contributed by atoms with Crippen LogP contribution in [0.4, 0.5) is 5.69 Å². The molecule has 0 saturated heterocycles. The van der Waals surface area contributed by atoms with E-state index in [9.17, 15) is 0 Å². The van der Waals surface area contributed by atoms with E-state index in [4.69, 9.17) is 9.41 Å². The number of nitrogens with zero attached hydrogens (tertiary/aromatic N) is 1. The Morgan fingerprint density at radius 2 is 1.57 bits per heavy atom. The molecule has 0 saturated carbocycles. The topological polar surface area (TPSA) is 25.5 Å². The summed E-state index contributed by atoms with van der Waals surface area (Å²) in [6.45, 7) is 6.49. The summed E-state index contributed by atoms with van der Waals surface area (Å²) in [5.41, 5.74) is 5.31. The summed E-state index contributed by atoms with van der Waals surface area (Å²) in [6.07, 6.45) is 0. The van der Waals surface area contributed by atoms with Gasteiger partial charge in [-0.25, -0.2) is 4.99 Å². The van der Waals surface area contributed by atoms with Crippen LogP contribution in [0.2, 0.25) is 0 Å². The van der Waals surface area contributed by atoms with Gasteiger partial charge in [0, 0.05) is 21.5 Å². The molecule has 4 aromatic rings. The Bertz CT molecular complexity index is 1190. The molecule has 28 heavy (non-hydrogen) atoms. The van der Waals surface area contributed by atoms with Crippen molar-refractivity contribution in [3.05, 3.63) is 93.8 Å². The second-order valence-electron chi connectivity index (χ2n) is 7.36. The van der Waals surface area contributed by atoms with Gasteiger partial charge in [-0.3, -0.25) is 0 Å². The van der Waals surface area contributed by atoms with Crippen LogP contribution < -0.4 is 5.36 Å². The first-order valence-electron chi connectivity index (χ1n) is 9.45. The van der Waals surface area contributed by atoms with Crippen LogP contribution >= 0.6 is 15.9 Å². The summed E-state index contributed by atoms with van der Waals surface area (Å²) < 4.78 is 7.28. The molecule has 1 aromatic heterocycles. The Hall–Kier alpha value is -2.65. The van der Waals surface area contributed by atoms with Gasteiger partial charge in [0.2, 0.25) is 0 Å². The lowest BCUT2D eigenvalue weighted by Crippen LogP contribution is -2.03. The van der Waals surface area contributed by atoms with Gasteiger partial charge in [0.1, 0.15) is 11.3 Å². The van der Waals surface area contributed by atoms with Crippen LogP contribution in [-0.2, 0) is 0 Å². The zero-order valence-electron chi connectivity index (χ0n) is 16.2. The standard InChI is InChI=1S/C25H22BrNO/c1-16(2)18-5-7-19(8-6-18)25-15-23(27-21-11-9-20(26)10-12-21)22-14-17(3)4-13-24(22)28-25/h4-16H,1-3H3. The van der Waals surface area contributed by atoms with Crippen molar-refractivity contribution in [2.75, 3.05) is 0 Å². The minimum Gasteiger partial charge on any atom is -0.456 e. The third kappa shape index (κ3) is 3.95. The van der Waals surface area contributed by atoms with Crippen molar-refractivity contribution in [2.45, 2.75) is 26.7 Å². The molecule has 0 radical (unpaired) electrons. The monoisotopic (exact) mass is 431 g/mol. The van der Waals surface area contributed by atoms with Crippen LogP contribution in [0.15, 0.2) is 86.7 Å². The number of hydrogen-bond donors (Lipinski definition) is 0. The lowest BCUT2D eigenvalue weighted by molar-refractivity contribution is 0.618. The van der Waals surface area contributed by atoms with Gasteiger partial charge < -0.3 is 4.42 Å². The van der Waals surface area contributed by atoms with Gasteiger partial charge in [-0.05, 0) is 54.8 Å². The average molecular weight is 432 g/mol. The fourth-order valence-electron chi connectivity index (χ4n) is 3.20.